The van der Waals surface area contributed by atoms with Crippen LogP contribution in [0.2, 0.25) is 0 Å². The smallest absolute Gasteiger partial charge is 0.336 e. The van der Waals surface area contributed by atoms with Crippen molar-refractivity contribution in [1.82, 2.24) is 0 Å². The van der Waals surface area contributed by atoms with Gasteiger partial charge >= 0.3 is 5.97 Å². The lowest BCUT2D eigenvalue weighted by molar-refractivity contribution is -0.130. The largest absolute Gasteiger partial charge is 0.497 e. The molecular formula is C21H24O3. The van der Waals surface area contributed by atoms with Crippen LogP contribution in [0.25, 0.3) is 11.6 Å². The summed E-state index contributed by atoms with van der Waals surface area (Å²) in [6.45, 7) is 8.35. The predicted octanol–water partition coefficient (Wildman–Crippen LogP) is 4.93. The summed E-state index contributed by atoms with van der Waals surface area (Å²) in [5, 5.41) is 9.62. The van der Waals surface area contributed by atoms with E-state index in [-0.39, 0.29) is 11.0 Å². The summed E-state index contributed by atoms with van der Waals surface area (Å²) in [4.78, 5) is 11.7. The number of aliphatic carboxylic acids is 1. The number of hydrogen-bond donors (Lipinski definition) is 1. The number of carboxylic acid groups (broad SMARTS) is 1. The first kappa shape index (κ1) is 17.8. The number of hydrogen-bond acceptors (Lipinski definition) is 2. The van der Waals surface area contributed by atoms with Crippen molar-refractivity contribution in [2.45, 2.75) is 33.1 Å². The van der Waals surface area contributed by atoms with Crippen LogP contribution in [-0.4, -0.2) is 18.2 Å². The summed E-state index contributed by atoms with van der Waals surface area (Å²) < 4.78 is 5.19. The van der Waals surface area contributed by atoms with Crippen molar-refractivity contribution in [2.75, 3.05) is 7.11 Å². The summed E-state index contributed by atoms with van der Waals surface area (Å²) in [5.74, 6) is -0.223. The normalized spacial score (nSPS) is 12.1. The van der Waals surface area contributed by atoms with Crippen LogP contribution in [0.1, 0.15) is 43.0 Å². The van der Waals surface area contributed by atoms with Crippen molar-refractivity contribution in [3.63, 3.8) is 0 Å². The molecule has 0 radical (unpaired) electrons. The van der Waals surface area contributed by atoms with Gasteiger partial charge < -0.3 is 9.84 Å². The average Bonchev–Trinajstić information content (AvgIpc) is 2.52. The summed E-state index contributed by atoms with van der Waals surface area (Å²) in [5.41, 5.74) is 4.01. The van der Waals surface area contributed by atoms with E-state index >= 15 is 0 Å². The molecule has 0 saturated carbocycles. The molecule has 0 aliphatic rings. The van der Waals surface area contributed by atoms with E-state index < -0.39 is 5.97 Å². The quantitative estimate of drug-likeness (QED) is 0.641. The lowest BCUT2D eigenvalue weighted by atomic mass is 9.86. The van der Waals surface area contributed by atoms with Crippen LogP contribution in [0.4, 0.5) is 0 Å². The predicted molar refractivity (Wildman–Crippen MR) is 98.4 cm³/mol. The number of benzene rings is 2. The highest BCUT2D eigenvalue weighted by Crippen LogP contribution is 2.27. The second-order valence-electron chi connectivity index (χ2n) is 6.92. The van der Waals surface area contributed by atoms with Crippen molar-refractivity contribution in [2.24, 2.45) is 0 Å². The molecule has 3 nitrogen and oxygen atoms in total. The third-order valence-electron chi connectivity index (χ3n) is 4.04. The number of aryl methyl sites for hydroxylation is 1. The zero-order chi connectivity index (χ0) is 17.9. The Morgan fingerprint density at radius 2 is 1.71 bits per heavy atom. The molecule has 2 rings (SSSR count). The van der Waals surface area contributed by atoms with E-state index in [0.29, 0.717) is 5.56 Å². The molecular weight excluding hydrogens is 300 g/mol. The first-order valence-electron chi connectivity index (χ1n) is 7.93. The van der Waals surface area contributed by atoms with Gasteiger partial charge in [0.1, 0.15) is 5.75 Å². The molecule has 0 aliphatic carbocycles. The fourth-order valence-corrected chi connectivity index (χ4v) is 2.57. The first-order chi connectivity index (χ1) is 11.2. The summed E-state index contributed by atoms with van der Waals surface area (Å²) >= 11 is 0. The van der Waals surface area contributed by atoms with Gasteiger partial charge in [-0.1, -0.05) is 51.1 Å². The molecule has 0 atom stereocenters. The van der Waals surface area contributed by atoms with Gasteiger partial charge in [-0.25, -0.2) is 4.79 Å². The van der Waals surface area contributed by atoms with E-state index in [1.54, 1.807) is 25.3 Å². The minimum atomic E-state index is -0.942. The van der Waals surface area contributed by atoms with E-state index in [1.807, 2.05) is 37.3 Å². The van der Waals surface area contributed by atoms with E-state index in [4.69, 9.17) is 4.74 Å². The van der Waals surface area contributed by atoms with Crippen molar-refractivity contribution in [1.29, 1.82) is 0 Å². The molecule has 0 fully saturated rings. The Morgan fingerprint density at radius 3 is 2.17 bits per heavy atom. The van der Waals surface area contributed by atoms with Crippen LogP contribution in [0.3, 0.4) is 0 Å². The van der Waals surface area contributed by atoms with Gasteiger partial charge in [-0.3, -0.25) is 0 Å². The highest BCUT2D eigenvalue weighted by atomic mass is 16.5. The van der Waals surface area contributed by atoms with E-state index in [1.165, 1.54) is 5.56 Å². The van der Waals surface area contributed by atoms with Crippen LogP contribution in [-0.2, 0) is 10.2 Å². The van der Waals surface area contributed by atoms with Gasteiger partial charge in [0.15, 0.2) is 0 Å². The highest BCUT2D eigenvalue weighted by Gasteiger charge is 2.15. The summed E-state index contributed by atoms with van der Waals surface area (Å²) in [6, 6.07) is 13.4. The second-order valence-corrected chi connectivity index (χ2v) is 6.92. The molecule has 0 aliphatic heterocycles. The van der Waals surface area contributed by atoms with E-state index in [2.05, 4.69) is 20.8 Å². The zero-order valence-corrected chi connectivity index (χ0v) is 14.9. The second kappa shape index (κ2) is 6.91. The summed E-state index contributed by atoms with van der Waals surface area (Å²) in [7, 11) is 1.60. The van der Waals surface area contributed by atoms with Gasteiger partial charge in [0.25, 0.3) is 0 Å². The fraction of sp³-hybridized carbons (Fsp3) is 0.286. The topological polar surface area (TPSA) is 46.5 Å². The van der Waals surface area contributed by atoms with Gasteiger partial charge in [0.2, 0.25) is 0 Å². The molecule has 2 aromatic rings. The number of ether oxygens (including phenoxy) is 1. The Balaban J connectivity index is 2.44. The third-order valence-corrected chi connectivity index (χ3v) is 4.04. The Morgan fingerprint density at radius 1 is 1.08 bits per heavy atom. The summed E-state index contributed by atoms with van der Waals surface area (Å²) in [6.07, 6.45) is 1.71. The third kappa shape index (κ3) is 4.05. The first-order valence-corrected chi connectivity index (χ1v) is 7.93. The number of carbonyl (C=O) groups is 1. The monoisotopic (exact) mass is 324 g/mol. The average molecular weight is 324 g/mol. The van der Waals surface area contributed by atoms with Gasteiger partial charge in [-0.15, -0.1) is 0 Å². The molecule has 0 amide bonds. The van der Waals surface area contributed by atoms with Crippen LogP contribution in [0.15, 0.2) is 42.5 Å². The minimum Gasteiger partial charge on any atom is -0.497 e. The van der Waals surface area contributed by atoms with Gasteiger partial charge in [0.05, 0.1) is 12.7 Å². The van der Waals surface area contributed by atoms with Crippen LogP contribution >= 0.6 is 0 Å². The van der Waals surface area contributed by atoms with Crippen LogP contribution < -0.4 is 4.74 Å². The van der Waals surface area contributed by atoms with Crippen molar-refractivity contribution < 1.29 is 14.6 Å². The van der Waals surface area contributed by atoms with Gasteiger partial charge in [-0.05, 0) is 52.8 Å². The maximum absolute atomic E-state index is 11.7. The molecule has 0 unspecified atom stereocenters. The lowest BCUT2D eigenvalue weighted by Crippen LogP contribution is -2.10. The number of rotatable bonds is 4. The number of carboxylic acids is 1. The molecule has 0 saturated heterocycles. The molecule has 2 aromatic carbocycles. The molecule has 1 N–H and O–H groups in total. The maximum Gasteiger partial charge on any atom is 0.336 e. The number of methoxy groups -OCH3 is 1. The van der Waals surface area contributed by atoms with Gasteiger partial charge in [0, 0.05) is 0 Å². The Hall–Kier alpha value is -2.55. The van der Waals surface area contributed by atoms with E-state index in [9.17, 15) is 9.90 Å². The fourth-order valence-electron chi connectivity index (χ4n) is 2.57. The highest BCUT2D eigenvalue weighted by molar-refractivity contribution is 6.21. The Bertz CT molecular complexity index is 763. The Kier molecular flexibility index (Phi) is 5.13. The zero-order valence-electron chi connectivity index (χ0n) is 14.9. The van der Waals surface area contributed by atoms with E-state index in [0.717, 1.165) is 16.9 Å². The molecule has 0 aromatic heterocycles. The Labute approximate surface area is 143 Å². The van der Waals surface area contributed by atoms with Crippen LogP contribution in [0.5, 0.6) is 5.75 Å². The molecule has 126 valence electrons. The van der Waals surface area contributed by atoms with Crippen molar-refractivity contribution in [3.05, 3.63) is 64.7 Å². The molecule has 24 heavy (non-hydrogen) atoms. The molecule has 0 bridgehead atoms. The van der Waals surface area contributed by atoms with Crippen molar-refractivity contribution >= 4 is 17.6 Å². The molecule has 0 heterocycles. The molecule has 0 spiro atoms. The van der Waals surface area contributed by atoms with Crippen molar-refractivity contribution in [3.8, 4) is 5.75 Å². The van der Waals surface area contributed by atoms with Crippen LogP contribution in [0, 0.1) is 6.92 Å². The minimum absolute atomic E-state index is 0.0739. The maximum atomic E-state index is 11.7. The lowest BCUT2D eigenvalue weighted by Gasteiger charge is -2.18. The molecule has 3 heteroatoms. The van der Waals surface area contributed by atoms with Gasteiger partial charge in [-0.2, -0.15) is 0 Å². The SMILES string of the molecule is COc1ccc(/C(=C/c2ccc(C(C)(C)C)cc2)C(=O)O)c(C)c1. The standard InChI is InChI=1S/C21H24O3/c1-14-12-17(24-5)10-11-18(14)19(20(22)23)13-15-6-8-16(9-7-15)21(2,3)4/h6-13H,1-5H3,(H,22,23)/b19-13-.